The van der Waals surface area contributed by atoms with Gasteiger partial charge in [0.05, 0.1) is 23.4 Å². The highest BCUT2D eigenvalue weighted by Crippen LogP contribution is 2.27. The van der Waals surface area contributed by atoms with Crippen molar-refractivity contribution in [3.8, 4) is 5.75 Å². The number of ether oxygens (including phenoxy) is 1. The molecule has 5 aromatic rings. The van der Waals surface area contributed by atoms with E-state index >= 15 is 0 Å². The van der Waals surface area contributed by atoms with Crippen LogP contribution in [0.3, 0.4) is 0 Å². The molecule has 0 saturated carbocycles. The normalized spacial score (nSPS) is 10.9. The standard InChI is InChI=1S/C35H29N3O3/c39-34(38-36-24-26-20-22-30(23-21-26)41-25-27-12-4-1-5-13-27)31-18-10-11-19-32(31)37-35(40)33(28-14-6-2-7-15-28)29-16-8-3-9-17-29/h1-24,33H,25H2,(H,37,40)(H,38,39)/b36-24-. The Morgan fingerprint density at radius 1 is 0.683 bits per heavy atom. The molecule has 6 heteroatoms. The average molecular weight is 540 g/mol. The summed E-state index contributed by atoms with van der Waals surface area (Å²) in [6.07, 6.45) is 1.56. The second kappa shape index (κ2) is 13.5. The minimum Gasteiger partial charge on any atom is -0.489 e. The zero-order chi connectivity index (χ0) is 28.3. The number of benzene rings is 5. The zero-order valence-electron chi connectivity index (χ0n) is 22.3. The molecule has 0 aliphatic carbocycles. The monoisotopic (exact) mass is 539 g/mol. The van der Waals surface area contributed by atoms with E-state index < -0.39 is 11.8 Å². The topological polar surface area (TPSA) is 79.8 Å². The van der Waals surface area contributed by atoms with Gasteiger partial charge in [0.2, 0.25) is 5.91 Å². The molecular formula is C35H29N3O3. The van der Waals surface area contributed by atoms with Gasteiger partial charge in [-0.3, -0.25) is 9.59 Å². The van der Waals surface area contributed by atoms with Gasteiger partial charge in [-0.05, 0) is 58.7 Å². The van der Waals surface area contributed by atoms with Crippen molar-refractivity contribution >= 4 is 23.7 Å². The molecule has 2 amide bonds. The fourth-order valence-corrected chi connectivity index (χ4v) is 4.40. The van der Waals surface area contributed by atoms with Crippen LogP contribution in [0, 0.1) is 0 Å². The van der Waals surface area contributed by atoms with Crippen LogP contribution >= 0.6 is 0 Å². The first-order valence-corrected chi connectivity index (χ1v) is 13.3. The molecule has 0 saturated heterocycles. The summed E-state index contributed by atoms with van der Waals surface area (Å²) < 4.78 is 5.82. The predicted octanol–water partition coefficient (Wildman–Crippen LogP) is 6.80. The highest BCUT2D eigenvalue weighted by Gasteiger charge is 2.24. The lowest BCUT2D eigenvalue weighted by Crippen LogP contribution is -2.25. The molecule has 2 N–H and O–H groups in total. The van der Waals surface area contributed by atoms with Gasteiger partial charge >= 0.3 is 0 Å². The summed E-state index contributed by atoms with van der Waals surface area (Å²) in [5.41, 5.74) is 6.89. The maximum absolute atomic E-state index is 13.6. The van der Waals surface area contributed by atoms with Gasteiger partial charge in [-0.1, -0.05) is 103 Å². The highest BCUT2D eigenvalue weighted by atomic mass is 16.5. The van der Waals surface area contributed by atoms with E-state index in [9.17, 15) is 9.59 Å². The molecule has 0 atom stereocenters. The van der Waals surface area contributed by atoms with Crippen molar-refractivity contribution < 1.29 is 14.3 Å². The third-order valence-electron chi connectivity index (χ3n) is 6.47. The second-order valence-electron chi connectivity index (χ2n) is 9.33. The Labute approximate surface area is 239 Å². The Balaban J connectivity index is 1.23. The van der Waals surface area contributed by atoms with E-state index in [4.69, 9.17) is 4.74 Å². The fraction of sp³-hybridized carbons (Fsp3) is 0.0571. The highest BCUT2D eigenvalue weighted by molar-refractivity contribution is 6.06. The second-order valence-corrected chi connectivity index (χ2v) is 9.33. The van der Waals surface area contributed by atoms with Crippen molar-refractivity contribution in [2.45, 2.75) is 12.5 Å². The van der Waals surface area contributed by atoms with Crippen molar-refractivity contribution in [3.05, 3.63) is 167 Å². The summed E-state index contributed by atoms with van der Waals surface area (Å²) in [6.45, 7) is 0.484. The van der Waals surface area contributed by atoms with Gasteiger partial charge in [0.15, 0.2) is 0 Å². The maximum atomic E-state index is 13.6. The van der Waals surface area contributed by atoms with Crippen LogP contribution in [-0.4, -0.2) is 18.0 Å². The van der Waals surface area contributed by atoms with Crippen molar-refractivity contribution in [3.63, 3.8) is 0 Å². The lowest BCUT2D eigenvalue weighted by Gasteiger charge is -2.19. The maximum Gasteiger partial charge on any atom is 0.273 e. The summed E-state index contributed by atoms with van der Waals surface area (Å²) in [6, 6.07) is 43.4. The molecule has 5 aromatic carbocycles. The van der Waals surface area contributed by atoms with Crippen molar-refractivity contribution in [2.24, 2.45) is 5.10 Å². The van der Waals surface area contributed by atoms with Gasteiger partial charge in [0.1, 0.15) is 12.4 Å². The number of carbonyl (C=O) groups excluding carboxylic acids is 2. The Hall–Kier alpha value is -5.49. The first-order chi connectivity index (χ1) is 20.2. The fourth-order valence-electron chi connectivity index (χ4n) is 4.40. The third-order valence-corrected chi connectivity index (χ3v) is 6.47. The van der Waals surface area contributed by atoms with Crippen molar-refractivity contribution in [2.75, 3.05) is 5.32 Å². The molecule has 41 heavy (non-hydrogen) atoms. The number of hydrazone groups is 1. The smallest absolute Gasteiger partial charge is 0.273 e. The molecule has 0 unspecified atom stereocenters. The molecule has 0 bridgehead atoms. The predicted molar refractivity (Wildman–Crippen MR) is 162 cm³/mol. The number of rotatable bonds is 10. The third kappa shape index (κ3) is 7.34. The van der Waals surface area contributed by atoms with Gasteiger partial charge in [0.25, 0.3) is 5.91 Å². The van der Waals surface area contributed by atoms with Gasteiger partial charge in [0, 0.05) is 0 Å². The van der Waals surface area contributed by atoms with Gasteiger partial charge in [-0.15, -0.1) is 0 Å². The summed E-state index contributed by atoms with van der Waals surface area (Å²) in [5, 5.41) is 7.07. The minimum atomic E-state index is -0.536. The van der Waals surface area contributed by atoms with Crippen LogP contribution in [0.5, 0.6) is 5.75 Å². The molecule has 0 aromatic heterocycles. The molecule has 0 spiro atoms. The van der Waals surface area contributed by atoms with E-state index in [0.717, 1.165) is 28.0 Å². The van der Waals surface area contributed by atoms with Gasteiger partial charge in [-0.25, -0.2) is 5.43 Å². The Bertz CT molecular complexity index is 1560. The summed E-state index contributed by atoms with van der Waals surface area (Å²) in [5.74, 6) is -0.466. The molecule has 0 heterocycles. The molecule has 0 aliphatic rings. The first kappa shape index (κ1) is 27.1. The quantitative estimate of drug-likeness (QED) is 0.151. The number of carbonyl (C=O) groups is 2. The van der Waals surface area contributed by atoms with E-state index in [-0.39, 0.29) is 5.91 Å². The van der Waals surface area contributed by atoms with Crippen LogP contribution < -0.4 is 15.5 Å². The lowest BCUT2D eigenvalue weighted by molar-refractivity contribution is -0.116. The van der Waals surface area contributed by atoms with E-state index in [2.05, 4.69) is 15.8 Å². The number of nitrogens with one attached hydrogen (secondary N) is 2. The summed E-state index contributed by atoms with van der Waals surface area (Å²) >= 11 is 0. The Kier molecular flexibility index (Phi) is 8.94. The van der Waals surface area contributed by atoms with Crippen LogP contribution in [0.2, 0.25) is 0 Å². The molecule has 202 valence electrons. The molecule has 6 nitrogen and oxygen atoms in total. The number of anilines is 1. The average Bonchev–Trinajstić information content (AvgIpc) is 3.02. The summed E-state index contributed by atoms with van der Waals surface area (Å²) in [4.78, 5) is 26.6. The zero-order valence-corrected chi connectivity index (χ0v) is 22.3. The van der Waals surface area contributed by atoms with Crippen LogP contribution in [0.4, 0.5) is 5.69 Å². The lowest BCUT2D eigenvalue weighted by atomic mass is 9.90. The Morgan fingerprint density at radius 3 is 1.88 bits per heavy atom. The minimum absolute atomic E-state index is 0.235. The summed E-state index contributed by atoms with van der Waals surface area (Å²) in [7, 11) is 0. The molecule has 0 radical (unpaired) electrons. The molecule has 5 rings (SSSR count). The largest absolute Gasteiger partial charge is 0.489 e. The van der Waals surface area contributed by atoms with Crippen LogP contribution in [0.15, 0.2) is 145 Å². The van der Waals surface area contributed by atoms with Crippen LogP contribution in [0.1, 0.15) is 38.5 Å². The van der Waals surface area contributed by atoms with E-state index in [0.29, 0.717) is 17.9 Å². The molecule has 0 aliphatic heterocycles. The van der Waals surface area contributed by atoms with Crippen molar-refractivity contribution in [1.29, 1.82) is 0 Å². The van der Waals surface area contributed by atoms with Gasteiger partial charge < -0.3 is 10.1 Å². The van der Waals surface area contributed by atoms with Crippen molar-refractivity contribution in [1.82, 2.24) is 5.43 Å². The molecule has 0 fully saturated rings. The van der Waals surface area contributed by atoms with Gasteiger partial charge in [-0.2, -0.15) is 5.10 Å². The SMILES string of the molecule is O=C(N/N=C\c1ccc(OCc2ccccc2)cc1)c1ccccc1NC(=O)C(c1ccccc1)c1ccccc1. The first-order valence-electron chi connectivity index (χ1n) is 13.3. The van der Waals surface area contributed by atoms with Crippen LogP contribution in [-0.2, 0) is 11.4 Å². The van der Waals surface area contributed by atoms with Crippen LogP contribution in [0.25, 0.3) is 0 Å². The van der Waals surface area contributed by atoms with E-state index in [1.165, 1.54) is 0 Å². The van der Waals surface area contributed by atoms with E-state index in [1.54, 1.807) is 30.5 Å². The number of nitrogens with zero attached hydrogens (tertiary/aromatic N) is 1. The number of hydrogen-bond donors (Lipinski definition) is 2. The Morgan fingerprint density at radius 2 is 1.24 bits per heavy atom. The number of para-hydroxylation sites is 1. The van der Waals surface area contributed by atoms with E-state index in [1.807, 2.05) is 115 Å². The number of amides is 2. The number of hydrogen-bond acceptors (Lipinski definition) is 4. The molecular weight excluding hydrogens is 510 g/mol.